The number of fused-ring (bicyclic) bond motifs is 1. The Bertz CT molecular complexity index is 1230. The van der Waals surface area contributed by atoms with E-state index in [0.29, 0.717) is 6.54 Å². The third-order valence-corrected chi connectivity index (χ3v) is 6.57. The summed E-state index contributed by atoms with van der Waals surface area (Å²) in [6, 6.07) is 12.0. The summed E-state index contributed by atoms with van der Waals surface area (Å²) < 4.78 is 13.4. The molecule has 0 saturated carbocycles. The first kappa shape index (κ1) is 20.6. The zero-order valence-electron chi connectivity index (χ0n) is 18.2. The van der Waals surface area contributed by atoms with Gasteiger partial charge in [0.15, 0.2) is 0 Å². The van der Waals surface area contributed by atoms with Gasteiger partial charge in [0.25, 0.3) is 11.5 Å². The maximum atomic E-state index is 13.5. The molecule has 1 saturated heterocycles. The van der Waals surface area contributed by atoms with Crippen molar-refractivity contribution >= 4 is 5.91 Å². The van der Waals surface area contributed by atoms with Crippen molar-refractivity contribution in [3.63, 3.8) is 0 Å². The van der Waals surface area contributed by atoms with Crippen LogP contribution >= 0.6 is 0 Å². The number of likely N-dealkylation sites (tertiary alicyclic amines) is 1. The fourth-order valence-corrected chi connectivity index (χ4v) is 4.98. The fourth-order valence-electron chi connectivity index (χ4n) is 4.98. The van der Waals surface area contributed by atoms with Crippen LogP contribution in [0.15, 0.2) is 47.3 Å². The largest absolute Gasteiger partial charge is 0.330 e. The average Bonchev–Trinajstić information content (AvgIpc) is 3.25. The molecule has 2 aromatic heterocycles. The molecule has 32 heavy (non-hydrogen) atoms. The molecule has 0 radical (unpaired) electrons. The zero-order chi connectivity index (χ0) is 22.2. The number of rotatable bonds is 3. The number of H-pyrrole nitrogens is 1. The predicted octanol–water partition coefficient (Wildman–Crippen LogP) is 4.74. The number of benzene rings is 1. The number of aryl methyl sites for hydroxylation is 3. The molecule has 6 heteroatoms. The van der Waals surface area contributed by atoms with E-state index < -0.39 is 0 Å². The lowest BCUT2D eigenvalue weighted by Gasteiger charge is -2.35. The number of hydrogen-bond acceptors (Lipinski definition) is 3. The Kier molecular flexibility index (Phi) is 5.37. The van der Waals surface area contributed by atoms with Gasteiger partial charge in [-0.15, -0.1) is 0 Å². The second-order valence-electron chi connectivity index (χ2n) is 8.81. The van der Waals surface area contributed by atoms with Gasteiger partial charge in [0, 0.05) is 17.9 Å². The predicted molar refractivity (Wildman–Crippen MR) is 121 cm³/mol. The van der Waals surface area contributed by atoms with Crippen LogP contribution < -0.4 is 5.56 Å². The molecule has 164 valence electrons. The lowest BCUT2D eigenvalue weighted by Crippen LogP contribution is -2.41. The zero-order valence-corrected chi connectivity index (χ0v) is 18.2. The van der Waals surface area contributed by atoms with E-state index in [1.165, 1.54) is 12.1 Å². The summed E-state index contributed by atoms with van der Waals surface area (Å²) in [7, 11) is 0. The Labute approximate surface area is 186 Å². The molecule has 3 aromatic rings. The summed E-state index contributed by atoms with van der Waals surface area (Å²) in [5, 5.41) is 0. The molecule has 2 aliphatic rings. The Hall–Kier alpha value is -3.28. The Morgan fingerprint density at radius 3 is 2.69 bits per heavy atom. The highest BCUT2D eigenvalue weighted by Gasteiger charge is 2.32. The van der Waals surface area contributed by atoms with Crippen LogP contribution in [0.4, 0.5) is 4.39 Å². The number of aromatic nitrogens is 2. The average molecular weight is 432 g/mol. The van der Waals surface area contributed by atoms with Gasteiger partial charge in [0.1, 0.15) is 11.4 Å². The quantitative estimate of drug-likeness (QED) is 0.651. The van der Waals surface area contributed by atoms with Gasteiger partial charge in [-0.3, -0.25) is 14.6 Å². The number of carbonyl (C=O) groups is 1. The van der Waals surface area contributed by atoms with E-state index in [9.17, 15) is 14.0 Å². The van der Waals surface area contributed by atoms with Gasteiger partial charge >= 0.3 is 0 Å². The van der Waals surface area contributed by atoms with Crippen LogP contribution in [0.2, 0.25) is 0 Å². The monoisotopic (exact) mass is 431 g/mol. The van der Waals surface area contributed by atoms with Gasteiger partial charge in [0.2, 0.25) is 0 Å². The van der Waals surface area contributed by atoms with E-state index in [-0.39, 0.29) is 28.9 Å². The summed E-state index contributed by atoms with van der Waals surface area (Å²) in [5.74, 6) is -0.499. The van der Waals surface area contributed by atoms with Gasteiger partial charge in [-0.25, -0.2) is 4.39 Å². The molecule has 5 rings (SSSR count). The molecule has 1 fully saturated rings. The number of nitrogens with zero attached hydrogens (tertiary/aromatic N) is 2. The molecular formula is C26H26FN3O2. The number of hydrogen-bond donors (Lipinski definition) is 1. The Balaban J connectivity index is 1.51. The highest BCUT2D eigenvalue weighted by atomic mass is 19.1. The molecule has 1 aliphatic heterocycles. The van der Waals surface area contributed by atoms with Gasteiger partial charge in [-0.1, -0.05) is 12.1 Å². The van der Waals surface area contributed by atoms with Crippen LogP contribution in [0.5, 0.6) is 0 Å². The van der Waals surface area contributed by atoms with Crippen LogP contribution in [0.1, 0.15) is 64.7 Å². The molecule has 5 nitrogen and oxygen atoms in total. The molecular weight excluding hydrogens is 405 g/mol. The van der Waals surface area contributed by atoms with E-state index in [2.05, 4.69) is 4.98 Å². The van der Waals surface area contributed by atoms with Crippen LogP contribution in [0.25, 0.3) is 11.1 Å². The molecule has 1 amide bonds. The number of nitrogens with one attached hydrogen (secondary N) is 1. The Morgan fingerprint density at radius 2 is 1.88 bits per heavy atom. The third kappa shape index (κ3) is 3.85. The maximum Gasteiger partial charge on any atom is 0.261 e. The molecule has 1 atom stereocenters. The number of piperidine rings is 1. The number of halogens is 1. The number of aromatic amines is 1. The molecule has 0 spiro atoms. The maximum absolute atomic E-state index is 13.5. The van der Waals surface area contributed by atoms with Crippen LogP contribution in [0, 0.1) is 12.7 Å². The minimum Gasteiger partial charge on any atom is -0.330 e. The van der Waals surface area contributed by atoms with E-state index in [1.807, 2.05) is 24.0 Å². The second-order valence-corrected chi connectivity index (χ2v) is 8.81. The highest BCUT2D eigenvalue weighted by molar-refractivity contribution is 5.94. The highest BCUT2D eigenvalue weighted by Crippen LogP contribution is 2.33. The number of amides is 1. The first-order chi connectivity index (χ1) is 15.5. The molecule has 1 aromatic carbocycles. The van der Waals surface area contributed by atoms with E-state index in [4.69, 9.17) is 4.98 Å². The molecule has 0 bridgehead atoms. The van der Waals surface area contributed by atoms with Crippen LogP contribution in [-0.4, -0.2) is 27.3 Å². The number of pyridine rings is 2. The lowest BCUT2D eigenvalue weighted by molar-refractivity contribution is 0.0604. The van der Waals surface area contributed by atoms with Crippen molar-refractivity contribution in [2.45, 2.75) is 51.5 Å². The summed E-state index contributed by atoms with van der Waals surface area (Å²) in [6.45, 7) is 2.53. The minimum atomic E-state index is -0.302. The van der Waals surface area contributed by atoms with Gasteiger partial charge in [0.05, 0.1) is 11.7 Å². The minimum absolute atomic E-state index is 0.192. The fraction of sp³-hybridized carbons (Fsp3) is 0.346. The van der Waals surface area contributed by atoms with Gasteiger partial charge < -0.3 is 9.88 Å². The summed E-state index contributed by atoms with van der Waals surface area (Å²) >= 11 is 0. The first-order valence-electron chi connectivity index (χ1n) is 11.3. The Morgan fingerprint density at radius 1 is 1.06 bits per heavy atom. The van der Waals surface area contributed by atoms with E-state index in [1.54, 1.807) is 18.2 Å². The summed E-state index contributed by atoms with van der Waals surface area (Å²) in [6.07, 6.45) is 5.47. The summed E-state index contributed by atoms with van der Waals surface area (Å²) in [4.78, 5) is 35.7. The normalized spacial score (nSPS) is 17.9. The van der Waals surface area contributed by atoms with Crippen molar-refractivity contribution < 1.29 is 9.18 Å². The van der Waals surface area contributed by atoms with Gasteiger partial charge in [-0.05, 0) is 92.5 Å². The van der Waals surface area contributed by atoms with E-state index >= 15 is 0 Å². The van der Waals surface area contributed by atoms with Crippen molar-refractivity contribution in [1.82, 2.24) is 14.9 Å². The van der Waals surface area contributed by atoms with Crippen LogP contribution in [0.3, 0.4) is 0 Å². The van der Waals surface area contributed by atoms with Crippen molar-refractivity contribution in [1.29, 1.82) is 0 Å². The van der Waals surface area contributed by atoms with Crippen molar-refractivity contribution in [2.75, 3.05) is 6.54 Å². The van der Waals surface area contributed by atoms with E-state index in [0.717, 1.165) is 72.3 Å². The third-order valence-electron chi connectivity index (χ3n) is 6.57. The standard InChI is InChI=1S/C26H26FN3O2/c1-16-13-19(17-8-10-20(27)11-9-17)15-23(28-16)24-7-2-3-12-30(24)26(32)21-14-18-5-4-6-22(18)29-25(21)31/h8-11,13-15,24H,2-7,12H2,1H3,(H,29,31). The van der Waals surface area contributed by atoms with Crippen LogP contribution in [-0.2, 0) is 12.8 Å². The van der Waals surface area contributed by atoms with Crippen molar-refractivity contribution in [3.05, 3.63) is 86.8 Å². The topological polar surface area (TPSA) is 66.1 Å². The number of carbonyl (C=O) groups excluding carboxylic acids is 1. The SMILES string of the molecule is Cc1cc(-c2ccc(F)cc2)cc(C2CCCCN2C(=O)c2cc3c([nH]c2=O)CCC3)n1. The molecule has 1 aliphatic carbocycles. The molecule has 3 heterocycles. The van der Waals surface area contributed by atoms with Crippen molar-refractivity contribution in [2.24, 2.45) is 0 Å². The first-order valence-corrected chi connectivity index (χ1v) is 11.3. The molecule has 1 N–H and O–H groups in total. The van der Waals surface area contributed by atoms with Crippen molar-refractivity contribution in [3.8, 4) is 11.1 Å². The summed E-state index contributed by atoms with van der Waals surface area (Å²) in [5.41, 5.74) is 5.47. The molecule has 1 unspecified atom stereocenters. The lowest BCUT2D eigenvalue weighted by atomic mass is 9.95. The smallest absolute Gasteiger partial charge is 0.261 e. The second kappa shape index (κ2) is 8.34. The van der Waals surface area contributed by atoms with Gasteiger partial charge in [-0.2, -0.15) is 0 Å².